The Balaban J connectivity index is 1.31. The number of nitrogens with one attached hydrogen (secondary N) is 2. The van der Waals surface area contributed by atoms with Gasteiger partial charge in [0.2, 0.25) is 5.95 Å². The van der Waals surface area contributed by atoms with Crippen molar-refractivity contribution in [3.8, 4) is 11.8 Å². The van der Waals surface area contributed by atoms with Gasteiger partial charge in [-0.1, -0.05) is 11.6 Å². The molecule has 1 aliphatic heterocycles. The molecule has 0 bridgehead atoms. The third-order valence-corrected chi connectivity index (χ3v) is 5.43. The van der Waals surface area contributed by atoms with E-state index in [1.54, 1.807) is 0 Å². The molecule has 33 heavy (non-hydrogen) atoms. The molecule has 11 heteroatoms. The van der Waals surface area contributed by atoms with Crippen molar-refractivity contribution in [1.82, 2.24) is 19.5 Å². The van der Waals surface area contributed by atoms with Crippen molar-refractivity contribution in [3.05, 3.63) is 64.9 Å². The number of halogens is 3. The molecular formula is C22H19ClF2N6O2. The molecule has 8 nitrogen and oxygen atoms in total. The molecule has 0 radical (unpaired) electrons. The standard InChI is InChI=1S/C22H19ClF2N6O2/c1-31-20-4-13(29-14-10-32-11-14)2-3-19(20)30-21(31)26-9-16-17(24)5-15(6-18(16)25)33-22-27-7-12(23)8-28-22/h2-8,14,29H,9-11H2,1H3,(H,26,30). The van der Waals surface area contributed by atoms with Crippen LogP contribution in [0.2, 0.25) is 5.02 Å². The van der Waals surface area contributed by atoms with Crippen LogP contribution in [0.25, 0.3) is 11.0 Å². The molecule has 0 atom stereocenters. The van der Waals surface area contributed by atoms with Crippen LogP contribution in [-0.2, 0) is 18.3 Å². The van der Waals surface area contributed by atoms with Gasteiger partial charge in [0.15, 0.2) is 0 Å². The second-order valence-corrected chi connectivity index (χ2v) is 8.02. The van der Waals surface area contributed by atoms with Gasteiger partial charge in [0.25, 0.3) is 0 Å². The molecule has 1 aliphatic rings. The predicted octanol–water partition coefficient (Wildman–Crippen LogP) is 4.51. The van der Waals surface area contributed by atoms with Crippen molar-refractivity contribution in [2.45, 2.75) is 12.6 Å². The van der Waals surface area contributed by atoms with Gasteiger partial charge in [0, 0.05) is 37.0 Å². The van der Waals surface area contributed by atoms with E-state index in [9.17, 15) is 8.78 Å². The van der Waals surface area contributed by atoms with Crippen molar-refractivity contribution < 1.29 is 18.3 Å². The lowest BCUT2D eigenvalue weighted by Gasteiger charge is -2.27. The number of benzene rings is 2. The zero-order valence-electron chi connectivity index (χ0n) is 17.5. The highest BCUT2D eigenvalue weighted by atomic mass is 35.5. The fraction of sp³-hybridized carbons (Fsp3) is 0.227. The molecule has 1 fully saturated rings. The van der Waals surface area contributed by atoms with Gasteiger partial charge in [-0.25, -0.2) is 23.7 Å². The minimum absolute atomic E-state index is 0.0595. The monoisotopic (exact) mass is 472 g/mol. The number of imidazole rings is 1. The average Bonchev–Trinajstić information content (AvgIpc) is 3.07. The van der Waals surface area contributed by atoms with Crippen LogP contribution in [0.1, 0.15) is 5.56 Å². The fourth-order valence-electron chi connectivity index (χ4n) is 3.43. The Morgan fingerprint density at radius 3 is 2.55 bits per heavy atom. The molecule has 4 aromatic rings. The van der Waals surface area contributed by atoms with E-state index in [0.717, 1.165) is 28.9 Å². The second kappa shape index (κ2) is 8.80. The summed E-state index contributed by atoms with van der Waals surface area (Å²) in [5.74, 6) is -1.10. The van der Waals surface area contributed by atoms with Gasteiger partial charge >= 0.3 is 6.01 Å². The molecule has 0 amide bonds. The molecule has 170 valence electrons. The number of nitrogens with zero attached hydrogens (tertiary/aromatic N) is 4. The van der Waals surface area contributed by atoms with E-state index in [2.05, 4.69) is 25.6 Å². The Hall–Kier alpha value is -3.50. The van der Waals surface area contributed by atoms with Gasteiger partial charge in [0.1, 0.15) is 17.4 Å². The largest absolute Gasteiger partial charge is 0.424 e. The average molecular weight is 473 g/mol. The lowest BCUT2D eigenvalue weighted by Crippen LogP contribution is -2.40. The summed E-state index contributed by atoms with van der Waals surface area (Å²) in [6.07, 6.45) is 2.65. The van der Waals surface area contributed by atoms with E-state index >= 15 is 0 Å². The molecule has 5 rings (SSSR count). The summed E-state index contributed by atoms with van der Waals surface area (Å²) in [5, 5.41) is 6.72. The number of ether oxygens (including phenoxy) is 2. The summed E-state index contributed by atoms with van der Waals surface area (Å²) in [4.78, 5) is 12.2. The van der Waals surface area contributed by atoms with Gasteiger partial charge in [-0.3, -0.25) is 0 Å². The molecule has 3 heterocycles. The highest BCUT2D eigenvalue weighted by Gasteiger charge is 2.19. The molecule has 2 aromatic carbocycles. The highest BCUT2D eigenvalue weighted by molar-refractivity contribution is 6.30. The van der Waals surface area contributed by atoms with Crippen molar-refractivity contribution in [2.24, 2.45) is 7.05 Å². The molecule has 2 aromatic heterocycles. The van der Waals surface area contributed by atoms with E-state index in [-0.39, 0.29) is 23.9 Å². The first-order valence-corrected chi connectivity index (χ1v) is 10.5. The number of hydrogen-bond acceptors (Lipinski definition) is 7. The van der Waals surface area contributed by atoms with Gasteiger partial charge < -0.3 is 24.7 Å². The smallest absolute Gasteiger partial charge is 0.321 e. The van der Waals surface area contributed by atoms with Crippen LogP contribution in [0.15, 0.2) is 42.7 Å². The van der Waals surface area contributed by atoms with E-state index in [0.29, 0.717) is 30.2 Å². The summed E-state index contributed by atoms with van der Waals surface area (Å²) in [5.41, 5.74) is 2.47. The lowest BCUT2D eigenvalue weighted by molar-refractivity contribution is 0.0211. The van der Waals surface area contributed by atoms with Crippen molar-refractivity contribution in [2.75, 3.05) is 23.8 Å². The summed E-state index contributed by atoms with van der Waals surface area (Å²) in [7, 11) is 1.84. The van der Waals surface area contributed by atoms with Crippen molar-refractivity contribution in [1.29, 1.82) is 0 Å². The van der Waals surface area contributed by atoms with Crippen LogP contribution < -0.4 is 15.4 Å². The first kappa shape index (κ1) is 21.4. The second-order valence-electron chi connectivity index (χ2n) is 7.58. The van der Waals surface area contributed by atoms with Crippen LogP contribution in [0.5, 0.6) is 11.8 Å². The third kappa shape index (κ3) is 4.53. The molecule has 0 saturated carbocycles. The zero-order valence-corrected chi connectivity index (χ0v) is 18.2. The fourth-order valence-corrected chi connectivity index (χ4v) is 3.52. The van der Waals surface area contributed by atoms with Gasteiger partial charge in [-0.15, -0.1) is 0 Å². The van der Waals surface area contributed by atoms with Crippen molar-refractivity contribution >= 4 is 34.3 Å². The topological polar surface area (TPSA) is 86.1 Å². The zero-order chi connectivity index (χ0) is 22.9. The summed E-state index contributed by atoms with van der Waals surface area (Å²) < 4.78 is 41.6. The van der Waals surface area contributed by atoms with E-state index < -0.39 is 11.6 Å². The predicted molar refractivity (Wildman–Crippen MR) is 120 cm³/mol. The van der Waals surface area contributed by atoms with Crippen molar-refractivity contribution in [3.63, 3.8) is 0 Å². The van der Waals surface area contributed by atoms with Gasteiger partial charge in [-0.2, -0.15) is 0 Å². The number of fused-ring (bicyclic) bond motifs is 1. The Bertz CT molecular complexity index is 1290. The third-order valence-electron chi connectivity index (χ3n) is 5.23. The molecule has 0 unspecified atom stereocenters. The maximum atomic E-state index is 14.6. The lowest BCUT2D eigenvalue weighted by atomic mass is 10.2. The highest BCUT2D eigenvalue weighted by Crippen LogP contribution is 2.27. The Morgan fingerprint density at radius 1 is 1.15 bits per heavy atom. The Kier molecular flexibility index (Phi) is 5.69. The molecular weight excluding hydrogens is 454 g/mol. The van der Waals surface area contributed by atoms with Gasteiger partial charge in [-0.05, 0) is 18.2 Å². The number of hydrogen-bond donors (Lipinski definition) is 2. The Morgan fingerprint density at radius 2 is 1.88 bits per heavy atom. The molecule has 1 saturated heterocycles. The number of aryl methyl sites for hydroxylation is 1. The maximum absolute atomic E-state index is 14.6. The van der Waals surface area contributed by atoms with Crippen LogP contribution in [0, 0.1) is 11.6 Å². The van der Waals surface area contributed by atoms with Crippen LogP contribution in [-0.4, -0.2) is 38.8 Å². The summed E-state index contributed by atoms with van der Waals surface area (Å²) in [6, 6.07) is 8.22. The maximum Gasteiger partial charge on any atom is 0.321 e. The normalized spacial score (nSPS) is 13.7. The van der Waals surface area contributed by atoms with E-state index in [4.69, 9.17) is 21.1 Å². The minimum Gasteiger partial charge on any atom is -0.424 e. The quantitative estimate of drug-likeness (QED) is 0.409. The van der Waals surface area contributed by atoms with E-state index in [1.807, 2.05) is 29.8 Å². The minimum atomic E-state index is -0.764. The number of anilines is 2. The first-order valence-electron chi connectivity index (χ1n) is 10.1. The van der Waals surface area contributed by atoms with E-state index in [1.165, 1.54) is 12.4 Å². The molecule has 0 aliphatic carbocycles. The summed E-state index contributed by atoms with van der Waals surface area (Å²) >= 11 is 5.72. The number of rotatable bonds is 7. The van der Waals surface area contributed by atoms with Crippen LogP contribution >= 0.6 is 11.6 Å². The molecule has 0 spiro atoms. The number of aromatic nitrogens is 4. The van der Waals surface area contributed by atoms with Gasteiger partial charge in [0.05, 0.1) is 47.7 Å². The van der Waals surface area contributed by atoms with Crippen LogP contribution in [0.3, 0.4) is 0 Å². The van der Waals surface area contributed by atoms with Crippen LogP contribution in [0.4, 0.5) is 20.4 Å². The Labute approximate surface area is 192 Å². The SMILES string of the molecule is Cn1c(NCc2c(F)cc(Oc3ncc(Cl)cn3)cc2F)nc2ccc(NC3COC3)cc21. The first-order chi connectivity index (χ1) is 16.0. The molecule has 2 N–H and O–H groups in total. The summed E-state index contributed by atoms with van der Waals surface area (Å²) in [6.45, 7) is 1.27.